The lowest BCUT2D eigenvalue weighted by atomic mass is 10.1. The Morgan fingerprint density at radius 2 is 2.03 bits per heavy atom. The zero-order valence-electron chi connectivity index (χ0n) is 18.6. The van der Waals surface area contributed by atoms with E-state index in [2.05, 4.69) is 41.1 Å². The summed E-state index contributed by atoms with van der Waals surface area (Å²) in [6, 6.07) is 5.70. The van der Waals surface area contributed by atoms with Gasteiger partial charge in [0.25, 0.3) is 0 Å². The molecule has 6 nitrogen and oxygen atoms in total. The van der Waals surface area contributed by atoms with Crippen LogP contribution in [0.4, 0.5) is 5.69 Å². The topological polar surface area (TPSA) is 83.7 Å². The van der Waals surface area contributed by atoms with E-state index in [9.17, 15) is 0 Å². The van der Waals surface area contributed by atoms with Gasteiger partial charge >= 0.3 is 0 Å². The van der Waals surface area contributed by atoms with Gasteiger partial charge in [0, 0.05) is 48.0 Å². The minimum absolute atomic E-state index is 0.660. The molecule has 0 aromatic heterocycles. The van der Waals surface area contributed by atoms with Gasteiger partial charge in [-0.05, 0) is 50.9 Å². The monoisotopic (exact) mass is 409 g/mol. The van der Waals surface area contributed by atoms with Crippen LogP contribution in [-0.4, -0.2) is 19.3 Å². The van der Waals surface area contributed by atoms with Crippen molar-refractivity contribution in [2.45, 2.75) is 47.0 Å². The number of aliphatic imine (C=N–C) groups is 1. The molecule has 162 valence electrons. The van der Waals surface area contributed by atoms with Crippen molar-refractivity contribution in [1.82, 2.24) is 16.2 Å². The molecule has 0 aliphatic carbocycles. The van der Waals surface area contributed by atoms with Crippen molar-refractivity contribution in [2.75, 3.05) is 18.8 Å². The molecule has 0 saturated heterocycles. The lowest BCUT2D eigenvalue weighted by molar-refractivity contribution is 0.419. The molecule has 1 aliphatic heterocycles. The Kier molecular flexibility index (Phi) is 9.74. The smallest absolute Gasteiger partial charge is 0.149 e. The molecule has 0 atom stereocenters. The number of unbranched alkanes of at least 4 members (excludes halogenated alkanes) is 1. The first-order chi connectivity index (χ1) is 14.5. The highest BCUT2D eigenvalue weighted by Crippen LogP contribution is 2.27. The molecule has 0 bridgehead atoms. The number of anilines is 1. The van der Waals surface area contributed by atoms with Gasteiger partial charge in [0.2, 0.25) is 0 Å². The molecule has 5 N–H and O–H groups in total. The molecule has 2 rings (SSSR count). The number of hydrogen-bond donors (Lipinski definition) is 4. The van der Waals surface area contributed by atoms with Crippen molar-refractivity contribution in [1.29, 1.82) is 0 Å². The fourth-order valence-electron chi connectivity index (χ4n) is 2.70. The Morgan fingerprint density at radius 3 is 2.80 bits per heavy atom. The first-order valence-corrected chi connectivity index (χ1v) is 10.6. The van der Waals surface area contributed by atoms with Crippen molar-refractivity contribution < 1.29 is 4.74 Å². The number of allylic oxidation sites excluding steroid dienone is 3. The average molecular weight is 410 g/mol. The highest BCUT2D eigenvalue weighted by molar-refractivity contribution is 5.64. The number of nitrogens with one attached hydrogen (secondary N) is 3. The van der Waals surface area contributed by atoms with E-state index < -0.39 is 0 Å². The highest BCUT2D eigenvalue weighted by Gasteiger charge is 2.11. The molecule has 30 heavy (non-hydrogen) atoms. The van der Waals surface area contributed by atoms with Gasteiger partial charge in [-0.1, -0.05) is 32.4 Å². The molecule has 1 aliphatic rings. The van der Waals surface area contributed by atoms with E-state index >= 15 is 0 Å². The summed E-state index contributed by atoms with van der Waals surface area (Å²) in [7, 11) is 0. The van der Waals surface area contributed by atoms with Crippen LogP contribution in [0.3, 0.4) is 0 Å². The van der Waals surface area contributed by atoms with Gasteiger partial charge in [0.15, 0.2) is 0 Å². The van der Waals surface area contributed by atoms with E-state index in [-0.39, 0.29) is 0 Å². The van der Waals surface area contributed by atoms with Crippen molar-refractivity contribution in [2.24, 2.45) is 4.99 Å². The normalized spacial score (nSPS) is 14.8. The second-order valence-electron chi connectivity index (χ2n) is 7.30. The first kappa shape index (κ1) is 23.3. The molecule has 1 heterocycles. The molecule has 0 amide bonds. The summed E-state index contributed by atoms with van der Waals surface area (Å²) in [6.45, 7) is 9.98. The molecule has 1 aromatic carbocycles. The van der Waals surface area contributed by atoms with Crippen LogP contribution in [0.15, 0.2) is 64.3 Å². The second-order valence-corrected chi connectivity index (χ2v) is 7.30. The molecular weight excluding hydrogens is 374 g/mol. The van der Waals surface area contributed by atoms with E-state index in [0.717, 1.165) is 60.6 Å². The van der Waals surface area contributed by atoms with E-state index in [1.54, 1.807) is 0 Å². The predicted molar refractivity (Wildman–Crippen MR) is 128 cm³/mol. The second kappa shape index (κ2) is 12.5. The molecule has 0 radical (unpaired) electrons. The number of hydrogen-bond acceptors (Lipinski definition) is 6. The third-order valence-electron chi connectivity index (χ3n) is 4.42. The highest BCUT2D eigenvalue weighted by atomic mass is 16.5. The maximum Gasteiger partial charge on any atom is 0.149 e. The first-order valence-electron chi connectivity index (χ1n) is 10.6. The fourth-order valence-corrected chi connectivity index (χ4v) is 2.70. The largest absolute Gasteiger partial charge is 0.455 e. The number of hydrazine groups is 1. The summed E-state index contributed by atoms with van der Waals surface area (Å²) in [5.74, 6) is 1.47. The third kappa shape index (κ3) is 7.79. The van der Waals surface area contributed by atoms with Crippen LogP contribution in [-0.2, 0) is 0 Å². The van der Waals surface area contributed by atoms with Crippen LogP contribution in [0.2, 0.25) is 0 Å². The predicted octanol–water partition coefficient (Wildman–Crippen LogP) is 4.66. The summed E-state index contributed by atoms with van der Waals surface area (Å²) >= 11 is 0. The van der Waals surface area contributed by atoms with Crippen LogP contribution in [0, 0.1) is 0 Å². The Morgan fingerprint density at radius 1 is 1.20 bits per heavy atom. The SMILES string of the molecule is CCC\C=N/C=C(\C=C/c1ccc(N)cc1OC1=C(C)NNC(C)=C1)CNCCC. The Bertz CT molecular complexity index is 849. The maximum atomic E-state index is 6.20. The average Bonchev–Trinajstić information content (AvgIpc) is 2.72. The molecule has 0 fully saturated rings. The fraction of sp³-hybridized carbons (Fsp3) is 0.375. The van der Waals surface area contributed by atoms with Gasteiger partial charge in [-0.2, -0.15) is 0 Å². The summed E-state index contributed by atoms with van der Waals surface area (Å²) in [5.41, 5.74) is 16.8. The number of nitrogens with zero attached hydrogens (tertiary/aromatic N) is 1. The van der Waals surface area contributed by atoms with Crippen LogP contribution in [0.25, 0.3) is 6.08 Å². The Balaban J connectivity index is 2.25. The molecule has 0 spiro atoms. The number of benzene rings is 1. The van der Waals surface area contributed by atoms with E-state index in [1.165, 1.54) is 0 Å². The van der Waals surface area contributed by atoms with E-state index in [0.29, 0.717) is 11.4 Å². The minimum Gasteiger partial charge on any atom is -0.455 e. The quantitative estimate of drug-likeness (QED) is 0.185. The van der Waals surface area contributed by atoms with Gasteiger partial charge in [-0.25, -0.2) is 0 Å². The molecule has 6 heteroatoms. The van der Waals surface area contributed by atoms with Crippen molar-refractivity contribution in [3.05, 3.63) is 64.8 Å². The van der Waals surface area contributed by atoms with Gasteiger partial charge < -0.3 is 26.6 Å². The standard InChI is InChI=1S/C24H35N5O/c1-5-7-13-27-17-20(16-26-12-6-2)8-9-21-10-11-22(25)15-24(21)30-23-14-18(3)28-29-19(23)4/h8-11,13-15,17,26,28-29H,5-7,12,16,25H2,1-4H3/b9-8-,20-17+,27-13-. The zero-order valence-corrected chi connectivity index (χ0v) is 18.6. The number of ether oxygens (including phenoxy) is 1. The van der Waals surface area contributed by atoms with Gasteiger partial charge in [-0.3, -0.25) is 4.99 Å². The maximum absolute atomic E-state index is 6.20. The van der Waals surface area contributed by atoms with Crippen molar-refractivity contribution in [3.8, 4) is 5.75 Å². The number of nitrogen functional groups attached to an aromatic ring is 1. The van der Waals surface area contributed by atoms with Crippen molar-refractivity contribution in [3.63, 3.8) is 0 Å². The minimum atomic E-state index is 0.660. The van der Waals surface area contributed by atoms with Gasteiger partial charge in [0.1, 0.15) is 11.5 Å². The molecular formula is C24H35N5O. The summed E-state index contributed by atoms with van der Waals surface area (Å²) in [4.78, 5) is 4.44. The zero-order chi connectivity index (χ0) is 21.8. The molecule has 0 unspecified atom stereocenters. The summed E-state index contributed by atoms with van der Waals surface area (Å²) in [5, 5.41) is 3.44. The third-order valence-corrected chi connectivity index (χ3v) is 4.42. The molecule has 0 saturated carbocycles. The Hall–Kier alpha value is -2.99. The summed E-state index contributed by atoms with van der Waals surface area (Å²) in [6.07, 6.45) is 13.1. The number of rotatable bonds is 11. The summed E-state index contributed by atoms with van der Waals surface area (Å²) < 4.78 is 6.20. The van der Waals surface area contributed by atoms with Gasteiger partial charge in [0.05, 0.1) is 5.70 Å². The van der Waals surface area contributed by atoms with E-state index in [4.69, 9.17) is 10.5 Å². The van der Waals surface area contributed by atoms with Crippen LogP contribution in [0.1, 0.15) is 52.5 Å². The van der Waals surface area contributed by atoms with Crippen LogP contribution < -0.4 is 26.6 Å². The Labute approximate surface area is 180 Å². The number of nitrogens with two attached hydrogens (primary N) is 1. The van der Waals surface area contributed by atoms with E-state index in [1.807, 2.05) is 56.6 Å². The van der Waals surface area contributed by atoms with Crippen LogP contribution in [0.5, 0.6) is 5.75 Å². The lowest BCUT2D eigenvalue weighted by Crippen LogP contribution is -2.33. The van der Waals surface area contributed by atoms with Crippen molar-refractivity contribution >= 4 is 18.0 Å². The van der Waals surface area contributed by atoms with Crippen LogP contribution >= 0.6 is 0 Å². The molecule has 1 aromatic rings. The lowest BCUT2D eigenvalue weighted by Gasteiger charge is -2.20. The van der Waals surface area contributed by atoms with Gasteiger partial charge in [-0.15, -0.1) is 0 Å².